The monoisotopic (exact) mass is 328 g/mol. The van der Waals surface area contributed by atoms with Gasteiger partial charge in [-0.25, -0.2) is 4.79 Å². The molecule has 0 aliphatic heterocycles. The number of benzene rings is 1. The molecule has 24 heavy (non-hydrogen) atoms. The molecule has 7 nitrogen and oxygen atoms in total. The zero-order valence-corrected chi connectivity index (χ0v) is 13.3. The third-order valence-corrected chi connectivity index (χ3v) is 3.39. The van der Waals surface area contributed by atoms with Gasteiger partial charge in [0.2, 0.25) is 0 Å². The van der Waals surface area contributed by atoms with Gasteiger partial charge in [0.25, 0.3) is 11.8 Å². The Labute approximate surface area is 138 Å². The predicted octanol–water partition coefficient (Wildman–Crippen LogP) is 3.07. The fraction of sp³-hybridized carbons (Fsp3) is 0.235. The van der Waals surface area contributed by atoms with E-state index < -0.39 is 5.97 Å². The number of carbonyl (C=O) groups is 1. The van der Waals surface area contributed by atoms with Gasteiger partial charge in [0.15, 0.2) is 19.0 Å². The van der Waals surface area contributed by atoms with Crippen molar-refractivity contribution in [2.45, 2.75) is 20.5 Å². The van der Waals surface area contributed by atoms with Crippen LogP contribution in [0.3, 0.4) is 0 Å². The molecule has 0 N–H and O–H groups in total. The summed E-state index contributed by atoms with van der Waals surface area (Å²) in [7, 11) is 0. The lowest BCUT2D eigenvalue weighted by Crippen LogP contribution is -2.15. The van der Waals surface area contributed by atoms with Gasteiger partial charge in [-0.1, -0.05) is 6.07 Å². The lowest BCUT2D eigenvalue weighted by atomic mass is 10.1. The van der Waals surface area contributed by atoms with E-state index in [9.17, 15) is 4.79 Å². The number of hydrogen-bond acceptors (Lipinski definition) is 7. The summed E-state index contributed by atoms with van der Waals surface area (Å²) in [5, 5.41) is 7.60. The second-order valence-electron chi connectivity index (χ2n) is 5.17. The zero-order valence-electron chi connectivity index (χ0n) is 13.3. The van der Waals surface area contributed by atoms with Gasteiger partial charge in [-0.2, -0.15) is 0 Å². The molecule has 0 amide bonds. The molecule has 0 saturated carbocycles. The van der Waals surface area contributed by atoms with Crippen molar-refractivity contribution in [3.63, 3.8) is 0 Å². The standard InChI is InChI=1S/C17H16N2O5/c1-11-5-6-13(8-12(11)2)22-10-16(20)23-9-15-18-19-17(24-15)14-4-3-7-21-14/h3-8H,9-10H2,1-2H3. The fourth-order valence-electron chi connectivity index (χ4n) is 1.94. The second-order valence-corrected chi connectivity index (χ2v) is 5.17. The molecule has 0 radical (unpaired) electrons. The van der Waals surface area contributed by atoms with E-state index in [0.717, 1.165) is 11.1 Å². The van der Waals surface area contributed by atoms with E-state index in [-0.39, 0.29) is 25.0 Å². The van der Waals surface area contributed by atoms with Crippen LogP contribution in [0.1, 0.15) is 17.0 Å². The summed E-state index contributed by atoms with van der Waals surface area (Å²) in [6, 6.07) is 9.02. The molecule has 0 unspecified atom stereocenters. The molecular weight excluding hydrogens is 312 g/mol. The zero-order chi connectivity index (χ0) is 16.9. The summed E-state index contributed by atoms with van der Waals surface area (Å²) in [6.45, 7) is 3.67. The maximum Gasteiger partial charge on any atom is 0.344 e. The van der Waals surface area contributed by atoms with Crippen LogP contribution in [0.2, 0.25) is 0 Å². The Morgan fingerprint density at radius 3 is 2.79 bits per heavy atom. The Kier molecular flexibility index (Phi) is 4.60. The second kappa shape index (κ2) is 6.99. The molecule has 1 aromatic carbocycles. The molecule has 3 rings (SSSR count). The van der Waals surface area contributed by atoms with Crippen molar-refractivity contribution in [1.82, 2.24) is 10.2 Å². The van der Waals surface area contributed by atoms with Crippen LogP contribution in [-0.4, -0.2) is 22.8 Å². The van der Waals surface area contributed by atoms with E-state index in [1.165, 1.54) is 6.26 Å². The van der Waals surface area contributed by atoms with Gasteiger partial charge in [-0.05, 0) is 49.2 Å². The van der Waals surface area contributed by atoms with Crippen LogP contribution in [0.4, 0.5) is 0 Å². The molecule has 2 heterocycles. The van der Waals surface area contributed by atoms with Crippen LogP contribution >= 0.6 is 0 Å². The molecule has 124 valence electrons. The molecule has 0 saturated heterocycles. The fourth-order valence-corrected chi connectivity index (χ4v) is 1.94. The summed E-state index contributed by atoms with van der Waals surface area (Å²) in [4.78, 5) is 11.7. The van der Waals surface area contributed by atoms with Crippen LogP contribution in [0.25, 0.3) is 11.7 Å². The molecule has 0 spiro atoms. The number of esters is 1. The average Bonchev–Trinajstić information content (AvgIpc) is 3.25. The lowest BCUT2D eigenvalue weighted by molar-refractivity contribution is -0.148. The Morgan fingerprint density at radius 2 is 2.04 bits per heavy atom. The summed E-state index contributed by atoms with van der Waals surface area (Å²) in [5.74, 6) is 0.968. The summed E-state index contributed by atoms with van der Waals surface area (Å²) in [5.41, 5.74) is 2.26. The number of aromatic nitrogens is 2. The minimum Gasteiger partial charge on any atom is -0.482 e. The molecule has 0 bridgehead atoms. The van der Waals surface area contributed by atoms with E-state index in [1.54, 1.807) is 12.1 Å². The van der Waals surface area contributed by atoms with E-state index in [4.69, 9.17) is 18.3 Å². The Bertz CT molecular complexity index is 823. The van der Waals surface area contributed by atoms with Crippen LogP contribution in [-0.2, 0) is 16.1 Å². The number of aryl methyl sites for hydroxylation is 2. The maximum absolute atomic E-state index is 11.7. The quantitative estimate of drug-likeness (QED) is 0.642. The number of ether oxygens (including phenoxy) is 2. The first-order valence-corrected chi connectivity index (χ1v) is 7.34. The highest BCUT2D eigenvalue weighted by molar-refractivity contribution is 5.71. The van der Waals surface area contributed by atoms with Gasteiger partial charge in [-0.3, -0.25) is 0 Å². The van der Waals surface area contributed by atoms with Gasteiger partial charge in [0.05, 0.1) is 6.26 Å². The van der Waals surface area contributed by atoms with E-state index >= 15 is 0 Å². The van der Waals surface area contributed by atoms with Crippen LogP contribution in [0, 0.1) is 13.8 Å². The van der Waals surface area contributed by atoms with Crippen LogP contribution in [0.15, 0.2) is 45.4 Å². The molecule has 0 aliphatic carbocycles. The molecule has 7 heteroatoms. The molecule has 2 aromatic heterocycles. The summed E-state index contributed by atoms with van der Waals surface area (Å²) in [6.07, 6.45) is 1.50. The molecule has 0 atom stereocenters. The third-order valence-electron chi connectivity index (χ3n) is 3.39. The highest BCUT2D eigenvalue weighted by Crippen LogP contribution is 2.18. The van der Waals surface area contributed by atoms with Gasteiger partial charge in [0, 0.05) is 0 Å². The van der Waals surface area contributed by atoms with Gasteiger partial charge in [-0.15, -0.1) is 10.2 Å². The SMILES string of the molecule is Cc1ccc(OCC(=O)OCc2nnc(-c3ccco3)o2)cc1C. The predicted molar refractivity (Wildman–Crippen MR) is 83.2 cm³/mol. The number of nitrogens with zero attached hydrogens (tertiary/aromatic N) is 2. The number of hydrogen-bond donors (Lipinski definition) is 0. The molecular formula is C17H16N2O5. The van der Waals surface area contributed by atoms with Crippen molar-refractivity contribution < 1.29 is 23.1 Å². The summed E-state index contributed by atoms with van der Waals surface area (Å²) >= 11 is 0. The summed E-state index contributed by atoms with van der Waals surface area (Å²) < 4.78 is 20.9. The minimum absolute atomic E-state index is 0.122. The van der Waals surface area contributed by atoms with Crippen molar-refractivity contribution >= 4 is 5.97 Å². The molecule has 0 aliphatic rings. The Balaban J connectivity index is 1.48. The third kappa shape index (κ3) is 3.81. The topological polar surface area (TPSA) is 87.6 Å². The van der Waals surface area contributed by atoms with Crippen LogP contribution in [0.5, 0.6) is 5.75 Å². The van der Waals surface area contributed by atoms with Crippen LogP contribution < -0.4 is 4.74 Å². The smallest absolute Gasteiger partial charge is 0.344 e. The van der Waals surface area contributed by atoms with Crippen molar-refractivity contribution in [3.8, 4) is 17.4 Å². The Morgan fingerprint density at radius 1 is 1.17 bits per heavy atom. The number of carbonyl (C=O) groups excluding carboxylic acids is 1. The van der Waals surface area contributed by atoms with Gasteiger partial charge < -0.3 is 18.3 Å². The van der Waals surface area contributed by atoms with Crippen molar-refractivity contribution in [2.75, 3.05) is 6.61 Å². The lowest BCUT2D eigenvalue weighted by Gasteiger charge is -2.07. The normalized spacial score (nSPS) is 10.6. The highest BCUT2D eigenvalue weighted by Gasteiger charge is 2.13. The van der Waals surface area contributed by atoms with Crippen molar-refractivity contribution in [1.29, 1.82) is 0 Å². The first-order chi connectivity index (χ1) is 11.6. The van der Waals surface area contributed by atoms with E-state index in [2.05, 4.69) is 10.2 Å². The minimum atomic E-state index is -0.522. The van der Waals surface area contributed by atoms with E-state index in [1.807, 2.05) is 32.0 Å². The van der Waals surface area contributed by atoms with Gasteiger partial charge in [0.1, 0.15) is 5.75 Å². The number of furan rings is 1. The number of rotatable bonds is 6. The first-order valence-electron chi connectivity index (χ1n) is 7.34. The molecule has 0 fully saturated rings. The van der Waals surface area contributed by atoms with Gasteiger partial charge >= 0.3 is 5.97 Å². The highest BCUT2D eigenvalue weighted by atomic mass is 16.6. The van der Waals surface area contributed by atoms with E-state index in [0.29, 0.717) is 11.5 Å². The maximum atomic E-state index is 11.7. The molecule has 3 aromatic rings. The van der Waals surface area contributed by atoms with Crippen molar-refractivity contribution in [2.24, 2.45) is 0 Å². The first kappa shape index (κ1) is 15.8. The average molecular weight is 328 g/mol. The Hall–Kier alpha value is -3.09. The van der Waals surface area contributed by atoms with Crippen molar-refractivity contribution in [3.05, 3.63) is 53.6 Å². The largest absolute Gasteiger partial charge is 0.482 e.